The Labute approximate surface area is 189 Å². The van der Waals surface area contributed by atoms with Gasteiger partial charge < -0.3 is 15.0 Å². The Morgan fingerprint density at radius 1 is 1.12 bits per heavy atom. The molecule has 0 saturated carbocycles. The SMILES string of the molecule is Cc1ccc([N+](=O)[O-])c(NC(=O)COC(=O)C2CCN(C(=O)c3ccc(F)cc3)CC2)c1C. The molecule has 1 aliphatic rings. The highest BCUT2D eigenvalue weighted by Crippen LogP contribution is 2.30. The van der Waals surface area contributed by atoms with Crippen molar-refractivity contribution in [1.82, 2.24) is 4.90 Å². The van der Waals surface area contributed by atoms with Gasteiger partial charge >= 0.3 is 5.97 Å². The zero-order valence-electron chi connectivity index (χ0n) is 18.3. The number of piperidine rings is 1. The van der Waals surface area contributed by atoms with Gasteiger partial charge in [-0.3, -0.25) is 24.5 Å². The van der Waals surface area contributed by atoms with Gasteiger partial charge in [0.1, 0.15) is 11.5 Å². The van der Waals surface area contributed by atoms with Gasteiger partial charge in [-0.25, -0.2) is 4.39 Å². The molecule has 1 aliphatic heterocycles. The van der Waals surface area contributed by atoms with E-state index in [4.69, 9.17) is 4.74 Å². The first-order chi connectivity index (χ1) is 15.7. The summed E-state index contributed by atoms with van der Waals surface area (Å²) in [4.78, 5) is 49.4. The Balaban J connectivity index is 1.50. The number of nitrogens with one attached hydrogen (secondary N) is 1. The maximum Gasteiger partial charge on any atom is 0.309 e. The number of aryl methyl sites for hydroxylation is 1. The lowest BCUT2D eigenvalue weighted by Crippen LogP contribution is -2.41. The van der Waals surface area contributed by atoms with Crippen molar-refractivity contribution in [1.29, 1.82) is 0 Å². The van der Waals surface area contributed by atoms with Gasteiger partial charge in [-0.15, -0.1) is 0 Å². The normalized spacial score (nSPS) is 14.0. The van der Waals surface area contributed by atoms with Crippen LogP contribution in [0.5, 0.6) is 0 Å². The van der Waals surface area contributed by atoms with Crippen LogP contribution >= 0.6 is 0 Å². The highest BCUT2D eigenvalue weighted by Gasteiger charge is 2.29. The number of carbonyl (C=O) groups excluding carboxylic acids is 3. The molecule has 0 aromatic heterocycles. The van der Waals surface area contributed by atoms with Crippen molar-refractivity contribution < 1.29 is 28.4 Å². The second kappa shape index (κ2) is 10.2. The first-order valence-electron chi connectivity index (χ1n) is 10.4. The van der Waals surface area contributed by atoms with Crippen LogP contribution in [0.3, 0.4) is 0 Å². The van der Waals surface area contributed by atoms with E-state index in [1.165, 1.54) is 30.3 Å². The molecule has 10 heteroatoms. The summed E-state index contributed by atoms with van der Waals surface area (Å²) in [5.74, 6) is -2.37. The zero-order valence-corrected chi connectivity index (χ0v) is 18.3. The van der Waals surface area contributed by atoms with Crippen LogP contribution in [0, 0.1) is 35.7 Å². The first-order valence-corrected chi connectivity index (χ1v) is 10.4. The van der Waals surface area contributed by atoms with E-state index in [1.807, 2.05) is 0 Å². The summed E-state index contributed by atoms with van der Waals surface area (Å²) < 4.78 is 18.2. The van der Waals surface area contributed by atoms with E-state index < -0.39 is 35.1 Å². The van der Waals surface area contributed by atoms with Crippen LogP contribution in [0.25, 0.3) is 0 Å². The Bertz CT molecular complexity index is 1080. The molecule has 1 N–H and O–H groups in total. The van der Waals surface area contributed by atoms with E-state index in [-0.39, 0.29) is 17.3 Å². The number of rotatable bonds is 6. The standard InChI is InChI=1S/C23H24FN3O6/c1-14-3-8-19(27(31)32)21(15(14)2)25-20(28)13-33-23(30)17-9-11-26(12-10-17)22(29)16-4-6-18(24)7-5-16/h3-8,17H,9-13H2,1-2H3,(H,25,28). The number of nitro groups is 1. The molecule has 2 amide bonds. The average Bonchev–Trinajstić information content (AvgIpc) is 2.80. The maximum atomic E-state index is 13.0. The van der Waals surface area contributed by atoms with Crippen LogP contribution in [0.4, 0.5) is 15.8 Å². The van der Waals surface area contributed by atoms with E-state index in [1.54, 1.807) is 24.8 Å². The number of hydrogen-bond acceptors (Lipinski definition) is 6. The van der Waals surface area contributed by atoms with Crippen LogP contribution in [0.1, 0.15) is 34.3 Å². The highest BCUT2D eigenvalue weighted by atomic mass is 19.1. The summed E-state index contributed by atoms with van der Waals surface area (Å²) in [7, 11) is 0. The number of nitrogens with zero attached hydrogens (tertiary/aromatic N) is 2. The summed E-state index contributed by atoms with van der Waals surface area (Å²) in [5, 5.41) is 13.7. The molecule has 0 bridgehead atoms. The molecular weight excluding hydrogens is 433 g/mol. The van der Waals surface area contributed by atoms with Crippen LogP contribution in [-0.2, 0) is 14.3 Å². The van der Waals surface area contributed by atoms with Gasteiger partial charge in [0.05, 0.1) is 10.8 Å². The number of nitro benzene ring substituents is 1. The molecule has 0 aliphatic carbocycles. The molecule has 2 aromatic carbocycles. The van der Waals surface area contributed by atoms with Gasteiger partial charge in [0, 0.05) is 24.7 Å². The minimum absolute atomic E-state index is 0.0775. The quantitative estimate of drug-likeness (QED) is 0.404. The molecule has 1 heterocycles. The lowest BCUT2D eigenvalue weighted by Gasteiger charge is -2.31. The van der Waals surface area contributed by atoms with Crippen molar-refractivity contribution in [2.45, 2.75) is 26.7 Å². The predicted molar refractivity (Wildman–Crippen MR) is 117 cm³/mol. The Morgan fingerprint density at radius 3 is 2.36 bits per heavy atom. The van der Waals surface area contributed by atoms with Crippen molar-refractivity contribution in [3.05, 3.63) is 69.0 Å². The molecule has 0 atom stereocenters. The fourth-order valence-electron chi connectivity index (χ4n) is 3.63. The molecule has 33 heavy (non-hydrogen) atoms. The lowest BCUT2D eigenvalue weighted by atomic mass is 9.96. The molecule has 9 nitrogen and oxygen atoms in total. The van der Waals surface area contributed by atoms with Gasteiger partial charge in [0.25, 0.3) is 17.5 Å². The number of likely N-dealkylation sites (tertiary alicyclic amines) is 1. The zero-order chi connectivity index (χ0) is 24.1. The minimum atomic E-state index is -0.677. The number of esters is 1. The van der Waals surface area contributed by atoms with Gasteiger partial charge in [-0.2, -0.15) is 0 Å². The molecule has 3 rings (SSSR count). The predicted octanol–water partition coefficient (Wildman–Crippen LogP) is 3.38. The van der Waals surface area contributed by atoms with Gasteiger partial charge in [0.15, 0.2) is 6.61 Å². The van der Waals surface area contributed by atoms with Crippen molar-refractivity contribution in [3.8, 4) is 0 Å². The summed E-state index contributed by atoms with van der Waals surface area (Å²) in [6.45, 7) is 3.51. The van der Waals surface area contributed by atoms with Gasteiger partial charge in [-0.1, -0.05) is 6.07 Å². The van der Waals surface area contributed by atoms with E-state index in [9.17, 15) is 28.9 Å². The second-order valence-corrected chi connectivity index (χ2v) is 7.89. The minimum Gasteiger partial charge on any atom is -0.455 e. The smallest absolute Gasteiger partial charge is 0.309 e. The summed E-state index contributed by atoms with van der Waals surface area (Å²) >= 11 is 0. The lowest BCUT2D eigenvalue weighted by molar-refractivity contribution is -0.384. The van der Waals surface area contributed by atoms with Crippen LogP contribution in [0.2, 0.25) is 0 Å². The Morgan fingerprint density at radius 2 is 1.76 bits per heavy atom. The Kier molecular flexibility index (Phi) is 7.37. The topological polar surface area (TPSA) is 119 Å². The molecule has 2 aromatic rings. The first kappa shape index (κ1) is 23.8. The summed E-state index contributed by atoms with van der Waals surface area (Å²) in [6, 6.07) is 8.17. The number of ether oxygens (including phenoxy) is 1. The summed E-state index contributed by atoms with van der Waals surface area (Å²) in [6.07, 6.45) is 0.742. The third kappa shape index (κ3) is 5.71. The van der Waals surface area contributed by atoms with Gasteiger partial charge in [0.2, 0.25) is 0 Å². The van der Waals surface area contributed by atoms with Gasteiger partial charge in [-0.05, 0) is 62.1 Å². The van der Waals surface area contributed by atoms with E-state index in [0.717, 1.165) is 5.56 Å². The van der Waals surface area contributed by atoms with Crippen LogP contribution in [0.15, 0.2) is 36.4 Å². The van der Waals surface area contributed by atoms with Crippen molar-refractivity contribution in [3.63, 3.8) is 0 Å². The number of halogens is 1. The number of carbonyl (C=O) groups is 3. The molecule has 174 valence electrons. The molecular formula is C23H24FN3O6. The number of hydrogen-bond donors (Lipinski definition) is 1. The van der Waals surface area contributed by atoms with Crippen molar-refractivity contribution >= 4 is 29.2 Å². The monoisotopic (exact) mass is 457 g/mol. The van der Waals surface area contributed by atoms with Crippen molar-refractivity contribution in [2.75, 3.05) is 25.0 Å². The van der Waals surface area contributed by atoms with Crippen molar-refractivity contribution in [2.24, 2.45) is 5.92 Å². The van der Waals surface area contributed by atoms with E-state index in [0.29, 0.717) is 37.1 Å². The fraction of sp³-hybridized carbons (Fsp3) is 0.348. The number of benzene rings is 2. The van der Waals surface area contributed by atoms with Crippen LogP contribution in [-0.4, -0.2) is 47.3 Å². The fourth-order valence-corrected chi connectivity index (χ4v) is 3.63. The molecule has 0 radical (unpaired) electrons. The number of amides is 2. The average molecular weight is 457 g/mol. The highest BCUT2D eigenvalue weighted by molar-refractivity contribution is 5.96. The molecule has 0 spiro atoms. The van der Waals surface area contributed by atoms with E-state index >= 15 is 0 Å². The third-order valence-electron chi connectivity index (χ3n) is 5.73. The second-order valence-electron chi connectivity index (χ2n) is 7.89. The largest absolute Gasteiger partial charge is 0.455 e. The Hall–Kier alpha value is -3.82. The van der Waals surface area contributed by atoms with Crippen LogP contribution < -0.4 is 5.32 Å². The molecule has 1 fully saturated rings. The molecule has 0 unspecified atom stereocenters. The molecule has 1 saturated heterocycles. The maximum absolute atomic E-state index is 13.0. The summed E-state index contributed by atoms with van der Waals surface area (Å²) in [5.41, 5.74) is 1.54. The number of anilines is 1. The van der Waals surface area contributed by atoms with E-state index in [2.05, 4.69) is 5.32 Å². The third-order valence-corrected chi connectivity index (χ3v) is 5.73.